The third-order valence-corrected chi connectivity index (χ3v) is 4.36. The molecule has 1 aromatic rings. The van der Waals surface area contributed by atoms with E-state index in [4.69, 9.17) is 4.74 Å². The average Bonchev–Trinajstić information content (AvgIpc) is 2.72. The topological polar surface area (TPSA) is 21.3 Å². The number of aryl methyl sites for hydroxylation is 1. The zero-order chi connectivity index (χ0) is 13.0. The molecule has 0 amide bonds. The van der Waals surface area contributed by atoms with Crippen LogP contribution in [0.3, 0.4) is 0 Å². The van der Waals surface area contributed by atoms with Crippen molar-refractivity contribution in [3.63, 3.8) is 0 Å². The Morgan fingerprint density at radius 2 is 2.17 bits per heavy atom. The van der Waals surface area contributed by atoms with Gasteiger partial charge in [0.05, 0.1) is 6.10 Å². The monoisotopic (exact) mass is 247 g/mol. The minimum Gasteiger partial charge on any atom is -0.378 e. The Hall–Kier alpha value is -0.860. The van der Waals surface area contributed by atoms with Gasteiger partial charge in [-0.2, -0.15) is 0 Å². The number of nitrogens with one attached hydrogen (secondary N) is 1. The van der Waals surface area contributed by atoms with Crippen molar-refractivity contribution < 1.29 is 4.74 Å². The molecule has 0 spiro atoms. The molecule has 1 aliphatic heterocycles. The molecule has 2 rings (SSSR count). The van der Waals surface area contributed by atoms with E-state index in [0.29, 0.717) is 6.10 Å². The molecule has 0 saturated carbocycles. The molecule has 2 nitrogen and oxygen atoms in total. The molecule has 0 radical (unpaired) electrons. The second kappa shape index (κ2) is 5.85. The quantitative estimate of drug-likeness (QED) is 0.864. The predicted octanol–water partition coefficient (Wildman–Crippen LogP) is 2.94. The van der Waals surface area contributed by atoms with Crippen LogP contribution in [0.2, 0.25) is 0 Å². The summed E-state index contributed by atoms with van der Waals surface area (Å²) in [5.41, 5.74) is 3.13. The Balaban J connectivity index is 2.18. The van der Waals surface area contributed by atoms with E-state index in [-0.39, 0.29) is 5.41 Å². The van der Waals surface area contributed by atoms with E-state index in [2.05, 4.69) is 50.4 Å². The van der Waals surface area contributed by atoms with Crippen molar-refractivity contribution in [2.75, 3.05) is 19.7 Å². The van der Waals surface area contributed by atoms with Crippen LogP contribution in [-0.2, 0) is 11.2 Å². The summed E-state index contributed by atoms with van der Waals surface area (Å²) in [6, 6.07) is 8.72. The summed E-state index contributed by atoms with van der Waals surface area (Å²) in [5, 5.41) is 3.52. The van der Waals surface area contributed by atoms with Crippen molar-refractivity contribution in [3.8, 4) is 0 Å². The Labute approximate surface area is 111 Å². The van der Waals surface area contributed by atoms with Crippen LogP contribution in [0.4, 0.5) is 0 Å². The molecule has 0 aromatic heterocycles. The Morgan fingerprint density at radius 3 is 2.78 bits per heavy atom. The van der Waals surface area contributed by atoms with Crippen molar-refractivity contribution in [1.82, 2.24) is 5.32 Å². The normalized spacial score (nSPS) is 27.6. The van der Waals surface area contributed by atoms with Crippen LogP contribution in [0.15, 0.2) is 24.3 Å². The fraction of sp³-hybridized carbons (Fsp3) is 0.625. The van der Waals surface area contributed by atoms with Gasteiger partial charge in [-0.3, -0.25) is 0 Å². The maximum atomic E-state index is 5.84. The van der Waals surface area contributed by atoms with Crippen molar-refractivity contribution in [2.45, 2.75) is 39.7 Å². The van der Waals surface area contributed by atoms with Gasteiger partial charge < -0.3 is 10.1 Å². The minimum atomic E-state index is 0.266. The van der Waals surface area contributed by atoms with Crippen molar-refractivity contribution in [1.29, 1.82) is 0 Å². The first-order chi connectivity index (χ1) is 8.68. The molecule has 0 bridgehead atoms. The molecule has 2 heteroatoms. The number of rotatable bonds is 5. The van der Waals surface area contributed by atoms with Gasteiger partial charge in [-0.15, -0.1) is 0 Å². The molecule has 0 aliphatic carbocycles. The minimum absolute atomic E-state index is 0.266. The molecule has 2 atom stereocenters. The van der Waals surface area contributed by atoms with Gasteiger partial charge in [0.2, 0.25) is 0 Å². The van der Waals surface area contributed by atoms with Gasteiger partial charge >= 0.3 is 0 Å². The molecular weight excluding hydrogens is 222 g/mol. The molecule has 1 saturated heterocycles. The first kappa shape index (κ1) is 13.6. The van der Waals surface area contributed by atoms with Crippen LogP contribution in [0.5, 0.6) is 0 Å². The first-order valence-corrected chi connectivity index (χ1v) is 7.05. The van der Waals surface area contributed by atoms with Crippen molar-refractivity contribution in [2.24, 2.45) is 5.41 Å². The summed E-state index contributed by atoms with van der Waals surface area (Å²) in [6.45, 7) is 9.58. The Bertz CT molecular complexity index is 390. The van der Waals surface area contributed by atoms with Crippen LogP contribution in [-0.4, -0.2) is 25.8 Å². The highest BCUT2D eigenvalue weighted by Gasteiger charge is 2.41. The number of hydrogen-bond acceptors (Lipinski definition) is 2. The lowest BCUT2D eigenvalue weighted by Crippen LogP contribution is -2.41. The van der Waals surface area contributed by atoms with E-state index in [1.165, 1.54) is 11.1 Å². The van der Waals surface area contributed by atoms with E-state index >= 15 is 0 Å². The summed E-state index contributed by atoms with van der Waals surface area (Å²) in [7, 11) is 0. The van der Waals surface area contributed by atoms with Gasteiger partial charge in [-0.25, -0.2) is 0 Å². The molecule has 18 heavy (non-hydrogen) atoms. The average molecular weight is 247 g/mol. The van der Waals surface area contributed by atoms with Gasteiger partial charge in [0.25, 0.3) is 0 Å². The smallest absolute Gasteiger partial charge is 0.0619 e. The second-order valence-electron chi connectivity index (χ2n) is 5.51. The SMILES string of the molecule is CCNCC1(Cc2ccccc2C)CCOC1C. The fourth-order valence-corrected chi connectivity index (χ4v) is 2.91. The Kier molecular flexibility index (Phi) is 4.41. The highest BCUT2D eigenvalue weighted by molar-refractivity contribution is 5.27. The lowest BCUT2D eigenvalue weighted by atomic mass is 9.75. The second-order valence-corrected chi connectivity index (χ2v) is 5.51. The van der Waals surface area contributed by atoms with E-state index in [1.54, 1.807) is 0 Å². The lowest BCUT2D eigenvalue weighted by Gasteiger charge is -2.33. The highest BCUT2D eigenvalue weighted by atomic mass is 16.5. The zero-order valence-electron chi connectivity index (χ0n) is 11.8. The summed E-state index contributed by atoms with van der Waals surface area (Å²) in [5.74, 6) is 0. The van der Waals surface area contributed by atoms with Gasteiger partial charge in [0.1, 0.15) is 0 Å². The fourth-order valence-electron chi connectivity index (χ4n) is 2.91. The van der Waals surface area contributed by atoms with E-state index in [1.807, 2.05) is 0 Å². The standard InChI is InChI=1S/C16H25NO/c1-4-17-12-16(9-10-18-14(16)3)11-15-8-6-5-7-13(15)2/h5-8,14,17H,4,9-12H2,1-3H3. The third kappa shape index (κ3) is 2.76. The van der Waals surface area contributed by atoms with Crippen molar-refractivity contribution >= 4 is 0 Å². The van der Waals surface area contributed by atoms with Gasteiger partial charge in [0.15, 0.2) is 0 Å². The molecule has 2 unspecified atom stereocenters. The molecular formula is C16H25NO. The Morgan fingerprint density at radius 1 is 1.39 bits per heavy atom. The molecule has 1 aliphatic rings. The van der Waals surface area contributed by atoms with Crippen LogP contribution < -0.4 is 5.32 Å². The summed E-state index contributed by atoms with van der Waals surface area (Å²) >= 11 is 0. The van der Waals surface area contributed by atoms with E-state index in [9.17, 15) is 0 Å². The largest absolute Gasteiger partial charge is 0.378 e. The molecule has 1 heterocycles. The van der Waals surface area contributed by atoms with Gasteiger partial charge in [-0.05, 0) is 44.4 Å². The number of hydrogen-bond donors (Lipinski definition) is 1. The number of benzene rings is 1. The van der Waals surface area contributed by atoms with Crippen molar-refractivity contribution in [3.05, 3.63) is 35.4 Å². The lowest BCUT2D eigenvalue weighted by molar-refractivity contribution is 0.0632. The molecule has 100 valence electrons. The summed E-state index contributed by atoms with van der Waals surface area (Å²) < 4.78 is 5.84. The first-order valence-electron chi connectivity index (χ1n) is 7.05. The highest BCUT2D eigenvalue weighted by Crippen LogP contribution is 2.38. The van der Waals surface area contributed by atoms with Gasteiger partial charge in [0, 0.05) is 18.6 Å². The van der Waals surface area contributed by atoms with E-state index < -0.39 is 0 Å². The molecule has 1 aromatic carbocycles. The molecule has 1 fully saturated rings. The maximum absolute atomic E-state index is 5.84. The van der Waals surface area contributed by atoms with E-state index in [0.717, 1.165) is 32.5 Å². The van der Waals surface area contributed by atoms with Crippen LogP contribution >= 0.6 is 0 Å². The zero-order valence-corrected chi connectivity index (χ0v) is 11.8. The van der Waals surface area contributed by atoms with Crippen LogP contribution in [0.25, 0.3) is 0 Å². The summed E-state index contributed by atoms with van der Waals surface area (Å²) in [6.07, 6.45) is 2.62. The van der Waals surface area contributed by atoms with Crippen LogP contribution in [0.1, 0.15) is 31.4 Å². The third-order valence-electron chi connectivity index (χ3n) is 4.36. The molecule has 1 N–H and O–H groups in total. The maximum Gasteiger partial charge on any atom is 0.0619 e. The predicted molar refractivity (Wildman–Crippen MR) is 75.9 cm³/mol. The number of ether oxygens (including phenoxy) is 1. The van der Waals surface area contributed by atoms with Gasteiger partial charge in [-0.1, -0.05) is 31.2 Å². The van der Waals surface area contributed by atoms with Crippen LogP contribution in [0, 0.1) is 12.3 Å². The summed E-state index contributed by atoms with van der Waals surface area (Å²) in [4.78, 5) is 0.